The second-order valence-electron chi connectivity index (χ2n) is 6.82. The van der Waals surface area contributed by atoms with Crippen LogP contribution in [0.25, 0.3) is 0 Å². The molecule has 26 heavy (non-hydrogen) atoms. The van der Waals surface area contributed by atoms with Gasteiger partial charge in [0, 0.05) is 44.3 Å². The van der Waals surface area contributed by atoms with Crippen molar-refractivity contribution in [3.05, 3.63) is 70.7 Å². The van der Waals surface area contributed by atoms with Crippen LogP contribution in [0.3, 0.4) is 0 Å². The minimum absolute atomic E-state index is 0.0946. The fourth-order valence-corrected chi connectivity index (χ4v) is 3.51. The van der Waals surface area contributed by atoms with Crippen LogP contribution < -0.4 is 5.32 Å². The standard InChI is InChI=1S/C21H26ClN3O/c1-17(21(26)23-15-18-6-3-2-4-7-18)25-12-10-24(11-13-25)16-19-8-5-9-20(22)14-19/h2-9,14,17H,10-13,15-16H2,1H3,(H,23,26)/t17-/m0/s1. The molecule has 1 amide bonds. The van der Waals surface area contributed by atoms with Crippen LogP contribution in [0, 0.1) is 0 Å². The van der Waals surface area contributed by atoms with E-state index in [4.69, 9.17) is 11.6 Å². The Labute approximate surface area is 160 Å². The summed E-state index contributed by atoms with van der Waals surface area (Å²) in [6.07, 6.45) is 0. The summed E-state index contributed by atoms with van der Waals surface area (Å²) in [5.74, 6) is 0.0946. The molecule has 1 saturated heterocycles. The van der Waals surface area contributed by atoms with Gasteiger partial charge in [-0.15, -0.1) is 0 Å². The molecule has 3 rings (SSSR count). The van der Waals surface area contributed by atoms with E-state index in [-0.39, 0.29) is 11.9 Å². The van der Waals surface area contributed by atoms with E-state index >= 15 is 0 Å². The van der Waals surface area contributed by atoms with Crippen LogP contribution in [0.2, 0.25) is 5.02 Å². The quantitative estimate of drug-likeness (QED) is 0.847. The second kappa shape index (κ2) is 9.17. The molecule has 0 aliphatic carbocycles. The van der Waals surface area contributed by atoms with Gasteiger partial charge in [-0.3, -0.25) is 14.6 Å². The molecular weight excluding hydrogens is 346 g/mol. The van der Waals surface area contributed by atoms with Crippen molar-refractivity contribution in [2.45, 2.75) is 26.1 Å². The van der Waals surface area contributed by atoms with Crippen molar-refractivity contribution in [1.82, 2.24) is 15.1 Å². The zero-order valence-electron chi connectivity index (χ0n) is 15.2. The summed E-state index contributed by atoms with van der Waals surface area (Å²) in [5, 5.41) is 3.83. The number of carbonyl (C=O) groups is 1. The van der Waals surface area contributed by atoms with Gasteiger partial charge in [0.15, 0.2) is 0 Å². The maximum atomic E-state index is 12.4. The van der Waals surface area contributed by atoms with E-state index in [1.54, 1.807) is 0 Å². The van der Waals surface area contributed by atoms with Crippen molar-refractivity contribution in [1.29, 1.82) is 0 Å². The lowest BCUT2D eigenvalue weighted by Crippen LogP contribution is -2.53. The molecule has 4 nitrogen and oxygen atoms in total. The fourth-order valence-electron chi connectivity index (χ4n) is 3.30. The van der Waals surface area contributed by atoms with E-state index in [9.17, 15) is 4.79 Å². The van der Waals surface area contributed by atoms with Crippen LogP contribution in [-0.4, -0.2) is 47.9 Å². The van der Waals surface area contributed by atoms with E-state index in [0.717, 1.165) is 43.3 Å². The third-order valence-corrected chi connectivity index (χ3v) is 5.17. The van der Waals surface area contributed by atoms with Crippen LogP contribution >= 0.6 is 11.6 Å². The van der Waals surface area contributed by atoms with E-state index in [0.29, 0.717) is 6.54 Å². The predicted molar refractivity (Wildman–Crippen MR) is 106 cm³/mol. The average molecular weight is 372 g/mol. The van der Waals surface area contributed by atoms with E-state index < -0.39 is 0 Å². The molecular formula is C21H26ClN3O. The Morgan fingerprint density at radius 2 is 1.73 bits per heavy atom. The highest BCUT2D eigenvalue weighted by Gasteiger charge is 2.25. The van der Waals surface area contributed by atoms with Gasteiger partial charge >= 0.3 is 0 Å². The number of hydrogen-bond donors (Lipinski definition) is 1. The summed E-state index contributed by atoms with van der Waals surface area (Å²) >= 11 is 6.06. The highest BCUT2D eigenvalue weighted by molar-refractivity contribution is 6.30. The summed E-state index contributed by atoms with van der Waals surface area (Å²) in [7, 11) is 0. The number of piperazine rings is 1. The van der Waals surface area contributed by atoms with Crippen molar-refractivity contribution >= 4 is 17.5 Å². The molecule has 0 spiro atoms. The van der Waals surface area contributed by atoms with Crippen LogP contribution in [0.5, 0.6) is 0 Å². The average Bonchev–Trinajstić information content (AvgIpc) is 2.67. The Balaban J connectivity index is 1.44. The first-order chi connectivity index (χ1) is 12.6. The van der Waals surface area contributed by atoms with Crippen molar-refractivity contribution in [3.63, 3.8) is 0 Å². The van der Waals surface area contributed by atoms with Gasteiger partial charge in [0.05, 0.1) is 6.04 Å². The predicted octanol–water partition coefficient (Wildman–Crippen LogP) is 3.16. The molecule has 0 bridgehead atoms. The number of nitrogens with one attached hydrogen (secondary N) is 1. The topological polar surface area (TPSA) is 35.6 Å². The number of rotatable bonds is 6. The smallest absolute Gasteiger partial charge is 0.237 e. The molecule has 1 fully saturated rings. The van der Waals surface area contributed by atoms with Crippen LogP contribution in [0.4, 0.5) is 0 Å². The summed E-state index contributed by atoms with van der Waals surface area (Å²) in [5.41, 5.74) is 2.36. The summed E-state index contributed by atoms with van der Waals surface area (Å²) in [4.78, 5) is 17.1. The van der Waals surface area contributed by atoms with Crippen molar-refractivity contribution in [2.75, 3.05) is 26.2 Å². The van der Waals surface area contributed by atoms with E-state index in [1.165, 1.54) is 5.56 Å². The molecule has 1 atom stereocenters. The Bertz CT molecular complexity index is 714. The van der Waals surface area contributed by atoms with E-state index in [2.05, 4.69) is 21.2 Å². The van der Waals surface area contributed by atoms with Gasteiger partial charge < -0.3 is 5.32 Å². The summed E-state index contributed by atoms with van der Waals surface area (Å²) in [6, 6.07) is 17.9. The Hall–Kier alpha value is -1.88. The number of amides is 1. The molecule has 138 valence electrons. The van der Waals surface area contributed by atoms with Gasteiger partial charge in [-0.1, -0.05) is 54.1 Å². The Morgan fingerprint density at radius 1 is 1.04 bits per heavy atom. The van der Waals surface area contributed by atoms with E-state index in [1.807, 2.05) is 55.5 Å². The second-order valence-corrected chi connectivity index (χ2v) is 7.26. The number of carbonyl (C=O) groups excluding carboxylic acids is 1. The maximum Gasteiger partial charge on any atom is 0.237 e. The first kappa shape index (κ1) is 18.9. The van der Waals surface area contributed by atoms with Crippen molar-refractivity contribution in [2.24, 2.45) is 0 Å². The van der Waals surface area contributed by atoms with Gasteiger partial charge in [-0.05, 0) is 30.2 Å². The number of benzene rings is 2. The first-order valence-electron chi connectivity index (χ1n) is 9.14. The lowest BCUT2D eigenvalue weighted by atomic mass is 10.1. The monoisotopic (exact) mass is 371 g/mol. The number of nitrogens with zero attached hydrogens (tertiary/aromatic N) is 2. The molecule has 1 heterocycles. The zero-order valence-corrected chi connectivity index (χ0v) is 16.0. The molecule has 0 radical (unpaired) electrons. The molecule has 1 N–H and O–H groups in total. The maximum absolute atomic E-state index is 12.4. The third kappa shape index (κ3) is 5.31. The van der Waals surface area contributed by atoms with Crippen LogP contribution in [0.1, 0.15) is 18.1 Å². The molecule has 1 aliphatic heterocycles. The molecule has 1 aliphatic rings. The lowest BCUT2D eigenvalue weighted by molar-refractivity contribution is -0.126. The highest BCUT2D eigenvalue weighted by atomic mass is 35.5. The molecule has 0 aromatic heterocycles. The van der Waals surface area contributed by atoms with Crippen molar-refractivity contribution in [3.8, 4) is 0 Å². The Morgan fingerprint density at radius 3 is 2.42 bits per heavy atom. The molecule has 5 heteroatoms. The number of halogens is 1. The van der Waals surface area contributed by atoms with Crippen molar-refractivity contribution < 1.29 is 4.79 Å². The first-order valence-corrected chi connectivity index (χ1v) is 9.52. The summed E-state index contributed by atoms with van der Waals surface area (Å²) in [6.45, 7) is 7.21. The Kier molecular flexibility index (Phi) is 6.67. The highest BCUT2D eigenvalue weighted by Crippen LogP contribution is 2.15. The molecule has 0 unspecified atom stereocenters. The normalized spacial score (nSPS) is 17.0. The van der Waals surface area contributed by atoms with Gasteiger partial charge in [0.1, 0.15) is 0 Å². The van der Waals surface area contributed by atoms with Crippen LogP contribution in [-0.2, 0) is 17.9 Å². The molecule has 0 saturated carbocycles. The third-order valence-electron chi connectivity index (χ3n) is 4.94. The largest absolute Gasteiger partial charge is 0.351 e. The number of hydrogen-bond acceptors (Lipinski definition) is 3. The summed E-state index contributed by atoms with van der Waals surface area (Å²) < 4.78 is 0. The minimum atomic E-state index is -0.105. The van der Waals surface area contributed by atoms with Gasteiger partial charge in [-0.2, -0.15) is 0 Å². The van der Waals surface area contributed by atoms with Gasteiger partial charge in [0.2, 0.25) is 5.91 Å². The minimum Gasteiger partial charge on any atom is -0.351 e. The fraction of sp³-hybridized carbons (Fsp3) is 0.381. The van der Waals surface area contributed by atoms with Crippen LogP contribution in [0.15, 0.2) is 54.6 Å². The van der Waals surface area contributed by atoms with Gasteiger partial charge in [0.25, 0.3) is 0 Å². The zero-order chi connectivity index (χ0) is 18.4. The molecule has 2 aromatic rings. The SMILES string of the molecule is C[C@@H](C(=O)NCc1ccccc1)N1CCN(Cc2cccc(Cl)c2)CC1. The lowest BCUT2D eigenvalue weighted by Gasteiger charge is -2.37. The molecule has 2 aromatic carbocycles. The van der Waals surface area contributed by atoms with Gasteiger partial charge in [-0.25, -0.2) is 0 Å².